The minimum atomic E-state index is -0.860. The predicted molar refractivity (Wildman–Crippen MR) is 72.8 cm³/mol. The van der Waals surface area contributed by atoms with Gasteiger partial charge in [-0.2, -0.15) is 0 Å². The van der Waals surface area contributed by atoms with Crippen molar-refractivity contribution in [1.82, 2.24) is 0 Å². The summed E-state index contributed by atoms with van der Waals surface area (Å²) in [7, 11) is 0. The predicted octanol–water partition coefficient (Wildman–Crippen LogP) is 4.61. The van der Waals surface area contributed by atoms with Gasteiger partial charge in [0.15, 0.2) is 0 Å². The monoisotopic (exact) mass is 239 g/mol. The molecule has 2 nitrogen and oxygen atoms in total. The SMILES string of the molecule is CCCCCCCCC[CH]C(C)C=CC(=O)O. The standard InChI is InChI=1S/C15H27O2/c1-3-4-5-6-7-8-9-10-11-14(2)12-13-15(16)17/h11-14H,3-10H2,1-2H3,(H,16,17). The van der Waals surface area contributed by atoms with E-state index in [2.05, 4.69) is 13.3 Å². The molecule has 0 saturated carbocycles. The van der Waals surface area contributed by atoms with Gasteiger partial charge in [0, 0.05) is 6.08 Å². The first-order valence-electron chi connectivity index (χ1n) is 6.91. The lowest BCUT2D eigenvalue weighted by Crippen LogP contribution is -1.94. The molecule has 0 aliphatic heterocycles. The lowest BCUT2D eigenvalue weighted by atomic mass is 10.0. The molecule has 0 saturated heterocycles. The Morgan fingerprint density at radius 3 is 2.29 bits per heavy atom. The lowest BCUT2D eigenvalue weighted by Gasteiger charge is -2.05. The average molecular weight is 239 g/mol. The van der Waals surface area contributed by atoms with Crippen molar-refractivity contribution in [3.63, 3.8) is 0 Å². The summed E-state index contributed by atoms with van der Waals surface area (Å²) in [6.07, 6.45) is 15.5. The van der Waals surface area contributed by atoms with Gasteiger partial charge in [0.2, 0.25) is 0 Å². The van der Waals surface area contributed by atoms with E-state index in [1.165, 1.54) is 51.0 Å². The molecule has 0 rings (SSSR count). The number of carboxylic acids is 1. The molecule has 1 unspecified atom stereocenters. The highest BCUT2D eigenvalue weighted by molar-refractivity contribution is 5.79. The molecular weight excluding hydrogens is 212 g/mol. The zero-order chi connectivity index (χ0) is 12.9. The lowest BCUT2D eigenvalue weighted by molar-refractivity contribution is -0.131. The number of hydrogen-bond donors (Lipinski definition) is 1. The van der Waals surface area contributed by atoms with Crippen LogP contribution in [0, 0.1) is 12.3 Å². The Morgan fingerprint density at radius 1 is 1.12 bits per heavy atom. The molecule has 0 aromatic carbocycles. The van der Waals surface area contributed by atoms with E-state index in [-0.39, 0.29) is 5.92 Å². The molecule has 0 aromatic rings. The van der Waals surface area contributed by atoms with Gasteiger partial charge in [-0.25, -0.2) is 4.79 Å². The first-order valence-corrected chi connectivity index (χ1v) is 6.91. The Kier molecular flexibility index (Phi) is 11.1. The van der Waals surface area contributed by atoms with Crippen LogP contribution in [0.1, 0.15) is 65.2 Å². The molecule has 2 heteroatoms. The van der Waals surface area contributed by atoms with Crippen molar-refractivity contribution in [3.8, 4) is 0 Å². The van der Waals surface area contributed by atoms with Crippen molar-refractivity contribution < 1.29 is 9.90 Å². The highest BCUT2D eigenvalue weighted by atomic mass is 16.4. The molecule has 0 aliphatic carbocycles. The molecule has 0 spiro atoms. The summed E-state index contributed by atoms with van der Waals surface area (Å²) in [6.45, 7) is 4.27. The van der Waals surface area contributed by atoms with Crippen molar-refractivity contribution >= 4 is 5.97 Å². The van der Waals surface area contributed by atoms with Gasteiger partial charge in [-0.1, -0.05) is 64.9 Å². The molecule has 1 N–H and O–H groups in total. The van der Waals surface area contributed by atoms with Gasteiger partial charge in [-0.3, -0.25) is 0 Å². The fraction of sp³-hybridized carbons (Fsp3) is 0.733. The maximum atomic E-state index is 10.3. The van der Waals surface area contributed by atoms with Crippen LogP contribution >= 0.6 is 0 Å². The van der Waals surface area contributed by atoms with Crippen molar-refractivity contribution in [3.05, 3.63) is 18.6 Å². The van der Waals surface area contributed by atoms with Crippen LogP contribution in [0.3, 0.4) is 0 Å². The Labute approximate surface area is 106 Å². The van der Waals surface area contributed by atoms with E-state index in [0.29, 0.717) is 0 Å². The van der Waals surface area contributed by atoms with E-state index in [1.807, 2.05) is 6.92 Å². The number of unbranched alkanes of at least 4 members (excludes halogenated alkanes) is 7. The van der Waals surface area contributed by atoms with Gasteiger partial charge >= 0.3 is 5.97 Å². The van der Waals surface area contributed by atoms with Crippen LogP contribution in [0.5, 0.6) is 0 Å². The van der Waals surface area contributed by atoms with Crippen LogP contribution in [-0.2, 0) is 4.79 Å². The summed E-state index contributed by atoms with van der Waals surface area (Å²) < 4.78 is 0. The number of carbonyl (C=O) groups is 1. The van der Waals surface area contributed by atoms with E-state index < -0.39 is 5.97 Å². The maximum Gasteiger partial charge on any atom is 0.327 e. The van der Waals surface area contributed by atoms with Crippen LogP contribution in [0.4, 0.5) is 0 Å². The number of aliphatic carboxylic acids is 1. The summed E-state index contributed by atoms with van der Waals surface area (Å²) in [5.41, 5.74) is 0. The van der Waals surface area contributed by atoms with Crippen molar-refractivity contribution in [2.24, 2.45) is 5.92 Å². The first-order chi connectivity index (χ1) is 8.16. The zero-order valence-electron chi connectivity index (χ0n) is 11.3. The number of carboxylic acid groups (broad SMARTS) is 1. The van der Waals surface area contributed by atoms with Gasteiger partial charge < -0.3 is 5.11 Å². The summed E-state index contributed by atoms with van der Waals surface area (Å²) >= 11 is 0. The van der Waals surface area contributed by atoms with E-state index in [1.54, 1.807) is 6.08 Å². The van der Waals surface area contributed by atoms with Crippen LogP contribution < -0.4 is 0 Å². The largest absolute Gasteiger partial charge is 0.478 e. The maximum absolute atomic E-state index is 10.3. The third kappa shape index (κ3) is 13.1. The highest BCUT2D eigenvalue weighted by Gasteiger charge is 1.98. The van der Waals surface area contributed by atoms with E-state index >= 15 is 0 Å². The van der Waals surface area contributed by atoms with Crippen LogP contribution in [0.15, 0.2) is 12.2 Å². The average Bonchev–Trinajstić information content (AvgIpc) is 2.30. The van der Waals surface area contributed by atoms with E-state index in [9.17, 15) is 4.79 Å². The number of rotatable bonds is 11. The first kappa shape index (κ1) is 16.2. The van der Waals surface area contributed by atoms with Gasteiger partial charge in [0.1, 0.15) is 0 Å². The molecule has 1 atom stereocenters. The summed E-state index contributed by atoms with van der Waals surface area (Å²) in [5, 5.41) is 8.47. The Balaban J connectivity index is 3.24. The minimum absolute atomic E-state index is 0.270. The van der Waals surface area contributed by atoms with Gasteiger partial charge in [0.25, 0.3) is 0 Å². The third-order valence-corrected chi connectivity index (χ3v) is 2.89. The third-order valence-electron chi connectivity index (χ3n) is 2.89. The molecular formula is C15H27O2. The second kappa shape index (κ2) is 11.7. The second-order valence-electron chi connectivity index (χ2n) is 4.70. The molecule has 0 aromatic heterocycles. The fourth-order valence-corrected chi connectivity index (χ4v) is 1.79. The molecule has 99 valence electrons. The summed E-state index contributed by atoms with van der Waals surface area (Å²) in [5.74, 6) is -0.590. The van der Waals surface area contributed by atoms with Gasteiger partial charge in [0.05, 0.1) is 0 Å². The van der Waals surface area contributed by atoms with E-state index in [4.69, 9.17) is 5.11 Å². The van der Waals surface area contributed by atoms with Gasteiger partial charge in [-0.05, 0) is 18.8 Å². The van der Waals surface area contributed by atoms with Gasteiger partial charge in [-0.15, -0.1) is 0 Å². The van der Waals surface area contributed by atoms with Crippen LogP contribution in [0.2, 0.25) is 0 Å². The molecule has 0 fully saturated rings. The smallest absolute Gasteiger partial charge is 0.327 e. The number of hydrogen-bond acceptors (Lipinski definition) is 1. The second-order valence-corrected chi connectivity index (χ2v) is 4.70. The fourth-order valence-electron chi connectivity index (χ4n) is 1.79. The van der Waals surface area contributed by atoms with Crippen LogP contribution in [-0.4, -0.2) is 11.1 Å². The van der Waals surface area contributed by atoms with E-state index in [0.717, 1.165) is 6.42 Å². The highest BCUT2D eigenvalue weighted by Crippen LogP contribution is 2.12. The Bertz CT molecular complexity index is 209. The quantitative estimate of drug-likeness (QED) is 0.422. The minimum Gasteiger partial charge on any atom is -0.478 e. The normalized spacial score (nSPS) is 13.1. The van der Waals surface area contributed by atoms with Crippen molar-refractivity contribution in [2.45, 2.75) is 65.2 Å². The molecule has 0 bridgehead atoms. The Hall–Kier alpha value is -0.790. The summed E-state index contributed by atoms with van der Waals surface area (Å²) in [6, 6.07) is 0. The van der Waals surface area contributed by atoms with Crippen LogP contribution in [0.25, 0.3) is 0 Å². The van der Waals surface area contributed by atoms with Crippen molar-refractivity contribution in [2.75, 3.05) is 0 Å². The molecule has 1 radical (unpaired) electrons. The molecule has 0 heterocycles. The molecule has 0 aliphatic rings. The molecule has 17 heavy (non-hydrogen) atoms. The molecule has 0 amide bonds. The topological polar surface area (TPSA) is 37.3 Å². The summed E-state index contributed by atoms with van der Waals surface area (Å²) in [4.78, 5) is 10.3. The zero-order valence-corrected chi connectivity index (χ0v) is 11.3. The van der Waals surface area contributed by atoms with Crippen molar-refractivity contribution in [1.29, 1.82) is 0 Å². The Morgan fingerprint density at radius 2 is 1.71 bits per heavy atom. The number of allylic oxidation sites excluding steroid dienone is 1.